The first kappa shape index (κ1) is 27.4. The Morgan fingerprint density at radius 3 is 2.71 bits per heavy atom. The molecule has 1 amide bonds. The van der Waals surface area contributed by atoms with E-state index in [1.54, 1.807) is 24.2 Å². The van der Waals surface area contributed by atoms with Gasteiger partial charge in [0.25, 0.3) is 0 Å². The number of piperazine rings is 1. The first-order valence-corrected chi connectivity index (χ1v) is 13.0. The summed E-state index contributed by atoms with van der Waals surface area (Å²) in [4.78, 5) is 33.8. The van der Waals surface area contributed by atoms with Crippen molar-refractivity contribution in [2.75, 3.05) is 55.4 Å². The van der Waals surface area contributed by atoms with E-state index in [-0.39, 0.29) is 5.91 Å². The number of alkyl halides is 1. The number of amides is 1. The zero-order valence-corrected chi connectivity index (χ0v) is 22.6. The van der Waals surface area contributed by atoms with Crippen molar-refractivity contribution in [1.82, 2.24) is 24.8 Å². The Morgan fingerprint density at radius 1 is 1.15 bits per heavy atom. The van der Waals surface area contributed by atoms with Crippen molar-refractivity contribution >= 4 is 45.8 Å². The molecular weight excluding hydrogens is 527 g/mol. The SMILES string of the molecule is CNc1ccc(Oc2ccc(Nc3ncnc4cnc(N5CCN(C(=O)/C=C/CF)CC5)nc34)cc2C)cc1N=N. The molecule has 3 heterocycles. The average Bonchev–Trinajstić information content (AvgIpc) is 3.01. The molecule has 0 unspecified atom stereocenters. The maximum atomic E-state index is 12.4. The molecule has 0 saturated carbocycles. The van der Waals surface area contributed by atoms with E-state index in [1.807, 2.05) is 42.2 Å². The van der Waals surface area contributed by atoms with Gasteiger partial charge in [0, 0.05) is 51.1 Å². The number of allylic oxidation sites excluding steroid dienone is 1. The number of hydrogen-bond acceptors (Lipinski definition) is 11. The topological polar surface area (TPSA) is 145 Å². The summed E-state index contributed by atoms with van der Waals surface area (Å²) in [5.41, 5.74) is 11.4. The minimum absolute atomic E-state index is 0.201. The van der Waals surface area contributed by atoms with E-state index in [0.29, 0.717) is 66.2 Å². The monoisotopic (exact) mass is 556 g/mol. The molecule has 0 spiro atoms. The van der Waals surface area contributed by atoms with E-state index in [0.717, 1.165) is 16.9 Å². The highest BCUT2D eigenvalue weighted by Gasteiger charge is 2.22. The number of fused-ring (bicyclic) bond motifs is 1. The second kappa shape index (κ2) is 12.3. The number of carbonyl (C=O) groups excluding carboxylic acids is 1. The largest absolute Gasteiger partial charge is 0.457 e. The third kappa shape index (κ3) is 6.19. The van der Waals surface area contributed by atoms with Crippen LogP contribution in [0.5, 0.6) is 11.5 Å². The van der Waals surface area contributed by atoms with Crippen molar-refractivity contribution in [3.05, 3.63) is 66.6 Å². The van der Waals surface area contributed by atoms with Crippen LogP contribution in [0.25, 0.3) is 11.0 Å². The van der Waals surface area contributed by atoms with Crippen molar-refractivity contribution in [3.8, 4) is 11.5 Å². The van der Waals surface area contributed by atoms with E-state index in [1.165, 1.54) is 18.5 Å². The van der Waals surface area contributed by atoms with Crippen molar-refractivity contribution in [3.63, 3.8) is 0 Å². The number of nitrogens with zero attached hydrogens (tertiary/aromatic N) is 7. The smallest absolute Gasteiger partial charge is 0.246 e. The van der Waals surface area contributed by atoms with Crippen LogP contribution < -0.4 is 20.3 Å². The summed E-state index contributed by atoms with van der Waals surface area (Å²) in [6.07, 6.45) is 5.60. The molecule has 13 heteroatoms. The van der Waals surface area contributed by atoms with Gasteiger partial charge in [0.2, 0.25) is 11.9 Å². The number of aryl methyl sites for hydroxylation is 1. The van der Waals surface area contributed by atoms with Crippen LogP contribution in [0.2, 0.25) is 0 Å². The van der Waals surface area contributed by atoms with E-state index in [9.17, 15) is 9.18 Å². The minimum atomic E-state index is -0.664. The van der Waals surface area contributed by atoms with Gasteiger partial charge in [-0.3, -0.25) is 4.79 Å². The molecule has 1 aliphatic rings. The number of carbonyl (C=O) groups is 1. The van der Waals surface area contributed by atoms with Crippen LogP contribution in [0.4, 0.5) is 33.2 Å². The molecule has 1 fully saturated rings. The van der Waals surface area contributed by atoms with E-state index < -0.39 is 6.67 Å². The zero-order valence-electron chi connectivity index (χ0n) is 22.6. The van der Waals surface area contributed by atoms with Gasteiger partial charge < -0.3 is 25.2 Å². The molecule has 4 aromatic rings. The number of hydrogen-bond donors (Lipinski definition) is 3. The summed E-state index contributed by atoms with van der Waals surface area (Å²) in [5, 5.41) is 9.88. The van der Waals surface area contributed by atoms with Crippen LogP contribution in [0.1, 0.15) is 5.56 Å². The van der Waals surface area contributed by atoms with Gasteiger partial charge in [0.1, 0.15) is 41.2 Å². The fourth-order valence-corrected chi connectivity index (χ4v) is 4.45. The van der Waals surface area contributed by atoms with Gasteiger partial charge in [0.05, 0.1) is 11.9 Å². The highest BCUT2D eigenvalue weighted by molar-refractivity contribution is 5.88. The Balaban J connectivity index is 1.31. The number of rotatable bonds is 9. The molecule has 0 radical (unpaired) electrons. The zero-order chi connectivity index (χ0) is 28.8. The summed E-state index contributed by atoms with van der Waals surface area (Å²) < 4.78 is 18.4. The van der Waals surface area contributed by atoms with Gasteiger partial charge in [-0.2, -0.15) is 5.11 Å². The average molecular weight is 557 g/mol. The van der Waals surface area contributed by atoms with E-state index in [2.05, 4.69) is 30.7 Å². The molecule has 0 aliphatic carbocycles. The Hall–Kier alpha value is -5.20. The van der Waals surface area contributed by atoms with Crippen LogP contribution in [0.15, 0.2) is 66.2 Å². The van der Waals surface area contributed by atoms with Gasteiger partial charge in [-0.25, -0.2) is 29.9 Å². The van der Waals surface area contributed by atoms with Crippen molar-refractivity contribution < 1.29 is 13.9 Å². The lowest BCUT2D eigenvalue weighted by Crippen LogP contribution is -2.48. The lowest BCUT2D eigenvalue weighted by Gasteiger charge is -2.34. The fraction of sp³-hybridized carbons (Fsp3) is 0.250. The maximum Gasteiger partial charge on any atom is 0.246 e. The van der Waals surface area contributed by atoms with Gasteiger partial charge in [-0.05, 0) is 48.9 Å². The third-order valence-corrected chi connectivity index (χ3v) is 6.61. The fourth-order valence-electron chi connectivity index (χ4n) is 4.45. The van der Waals surface area contributed by atoms with E-state index in [4.69, 9.17) is 15.3 Å². The molecule has 1 saturated heterocycles. The highest BCUT2D eigenvalue weighted by Crippen LogP contribution is 2.34. The molecule has 2 aromatic carbocycles. The molecule has 41 heavy (non-hydrogen) atoms. The Bertz CT molecular complexity index is 1600. The second-order valence-corrected chi connectivity index (χ2v) is 9.24. The molecule has 1 aliphatic heterocycles. The van der Waals surface area contributed by atoms with Crippen LogP contribution in [0, 0.1) is 12.5 Å². The molecule has 210 valence electrons. The van der Waals surface area contributed by atoms with Gasteiger partial charge in [0.15, 0.2) is 5.82 Å². The molecule has 0 bridgehead atoms. The Kier molecular flexibility index (Phi) is 8.23. The summed E-state index contributed by atoms with van der Waals surface area (Å²) in [6, 6.07) is 11.0. The van der Waals surface area contributed by atoms with Gasteiger partial charge in [-0.1, -0.05) is 0 Å². The first-order chi connectivity index (χ1) is 20.0. The summed E-state index contributed by atoms with van der Waals surface area (Å²) in [7, 11) is 1.77. The maximum absolute atomic E-state index is 12.4. The highest BCUT2D eigenvalue weighted by atomic mass is 19.1. The molecule has 0 atom stereocenters. The number of anilines is 4. The lowest BCUT2D eigenvalue weighted by molar-refractivity contribution is -0.126. The quantitative estimate of drug-likeness (QED) is 0.188. The van der Waals surface area contributed by atoms with Crippen molar-refractivity contribution in [1.29, 1.82) is 5.53 Å². The minimum Gasteiger partial charge on any atom is -0.457 e. The summed E-state index contributed by atoms with van der Waals surface area (Å²) in [6.45, 7) is 3.34. The van der Waals surface area contributed by atoms with Crippen molar-refractivity contribution in [2.45, 2.75) is 6.92 Å². The number of ether oxygens (including phenoxy) is 1. The number of halogens is 1. The molecule has 5 rings (SSSR count). The predicted octanol–water partition coefficient (Wildman–Crippen LogP) is 5.14. The number of aromatic nitrogens is 4. The lowest BCUT2D eigenvalue weighted by atomic mass is 10.2. The summed E-state index contributed by atoms with van der Waals surface area (Å²) in [5.74, 6) is 2.09. The van der Waals surface area contributed by atoms with Gasteiger partial charge in [-0.15, -0.1) is 0 Å². The van der Waals surface area contributed by atoms with Crippen LogP contribution >= 0.6 is 0 Å². The molecule has 12 nitrogen and oxygen atoms in total. The van der Waals surface area contributed by atoms with Crippen LogP contribution in [0.3, 0.4) is 0 Å². The predicted molar refractivity (Wildman–Crippen MR) is 154 cm³/mol. The van der Waals surface area contributed by atoms with Crippen LogP contribution in [-0.4, -0.2) is 70.6 Å². The number of benzene rings is 2. The first-order valence-electron chi connectivity index (χ1n) is 13.0. The summed E-state index contributed by atoms with van der Waals surface area (Å²) >= 11 is 0. The molecule has 2 aromatic heterocycles. The number of nitrogens with one attached hydrogen (secondary N) is 3. The van der Waals surface area contributed by atoms with Crippen molar-refractivity contribution in [2.24, 2.45) is 5.11 Å². The Labute approximate surface area is 235 Å². The third-order valence-electron chi connectivity index (χ3n) is 6.61. The molecule has 3 N–H and O–H groups in total. The normalized spacial score (nSPS) is 13.4. The standard InChI is InChI=1S/C28H29FN10O2/c1-18-14-19(5-8-24(18)41-20-6-7-21(31-2)22(15-20)37-30)35-27-26-23(33-17-34-27)16-32-28(36-26)39-12-10-38(11-13-39)25(40)4-3-9-29/h3-8,14-17,30-31H,9-13H2,1-2H3,(H,33,34,35)/b4-3+,37-30?. The van der Waals surface area contributed by atoms with E-state index >= 15 is 0 Å². The van der Waals surface area contributed by atoms with Crippen LogP contribution in [-0.2, 0) is 4.79 Å². The Morgan fingerprint density at radius 2 is 1.98 bits per heavy atom. The molecular formula is C28H29FN10O2. The van der Waals surface area contributed by atoms with Gasteiger partial charge >= 0.3 is 0 Å². The second-order valence-electron chi connectivity index (χ2n) is 9.24.